The minimum atomic E-state index is -0.674. The van der Waals surface area contributed by atoms with Gasteiger partial charge in [-0.05, 0) is 23.6 Å². The number of hydrogen-bond acceptors (Lipinski definition) is 2. The Balaban J connectivity index is 1.65. The summed E-state index contributed by atoms with van der Waals surface area (Å²) in [5.41, 5.74) is 3.03. The van der Waals surface area contributed by atoms with Gasteiger partial charge in [0, 0.05) is 30.1 Å². The molecular formula is C21H23N3O2. The summed E-state index contributed by atoms with van der Waals surface area (Å²) in [6.45, 7) is 2.28. The van der Waals surface area contributed by atoms with E-state index in [1.54, 1.807) is 6.92 Å². The molecule has 0 aliphatic heterocycles. The molecule has 0 unspecified atom stereocenters. The number of amides is 2. The van der Waals surface area contributed by atoms with Crippen LogP contribution in [0.1, 0.15) is 30.5 Å². The van der Waals surface area contributed by atoms with Crippen molar-refractivity contribution < 1.29 is 9.59 Å². The summed E-state index contributed by atoms with van der Waals surface area (Å²) < 4.78 is 0. The Morgan fingerprint density at radius 3 is 2.54 bits per heavy atom. The molecule has 0 spiro atoms. The standard InChI is InChI=1S/C21H23N3O2/c1-2-19(25)24-20(15-8-4-3-5-9-15)21(26)22-13-12-16-14-23-18-11-7-6-10-17(16)18/h3-11,14,20,23H,2,12-13H2,1H3,(H,22,26)(H,24,25)/t20-/m1/s1. The first-order valence-electron chi connectivity index (χ1n) is 8.86. The third-order valence-corrected chi connectivity index (χ3v) is 4.39. The lowest BCUT2D eigenvalue weighted by Crippen LogP contribution is -2.40. The van der Waals surface area contributed by atoms with Gasteiger partial charge in [0.25, 0.3) is 0 Å². The molecule has 3 N–H and O–H groups in total. The molecule has 0 aliphatic rings. The van der Waals surface area contributed by atoms with Gasteiger partial charge in [0.1, 0.15) is 6.04 Å². The van der Waals surface area contributed by atoms with E-state index in [9.17, 15) is 9.59 Å². The van der Waals surface area contributed by atoms with Crippen molar-refractivity contribution in [1.82, 2.24) is 15.6 Å². The lowest BCUT2D eigenvalue weighted by atomic mass is 10.1. The van der Waals surface area contributed by atoms with Gasteiger partial charge in [-0.1, -0.05) is 55.5 Å². The molecule has 0 saturated heterocycles. The van der Waals surface area contributed by atoms with E-state index in [1.807, 2.05) is 54.7 Å². The van der Waals surface area contributed by atoms with Crippen LogP contribution in [0.4, 0.5) is 0 Å². The average Bonchev–Trinajstić information content (AvgIpc) is 3.09. The predicted octanol–water partition coefficient (Wildman–Crippen LogP) is 3.09. The molecule has 5 heteroatoms. The van der Waals surface area contributed by atoms with Crippen LogP contribution in [0.3, 0.4) is 0 Å². The highest BCUT2D eigenvalue weighted by Crippen LogP contribution is 2.18. The van der Waals surface area contributed by atoms with E-state index in [0.29, 0.717) is 13.0 Å². The number of benzene rings is 2. The molecule has 0 bridgehead atoms. The summed E-state index contributed by atoms with van der Waals surface area (Å²) in [4.78, 5) is 27.7. The van der Waals surface area contributed by atoms with Crippen molar-refractivity contribution in [3.05, 3.63) is 71.9 Å². The maximum Gasteiger partial charge on any atom is 0.247 e. The quantitative estimate of drug-likeness (QED) is 0.613. The molecular weight excluding hydrogens is 326 g/mol. The highest BCUT2D eigenvalue weighted by molar-refractivity contribution is 5.88. The van der Waals surface area contributed by atoms with Gasteiger partial charge in [0.05, 0.1) is 0 Å². The Morgan fingerprint density at radius 1 is 1.04 bits per heavy atom. The monoisotopic (exact) mass is 349 g/mol. The number of aromatic amines is 1. The van der Waals surface area contributed by atoms with Gasteiger partial charge in [-0.3, -0.25) is 9.59 Å². The maximum atomic E-state index is 12.7. The topological polar surface area (TPSA) is 74.0 Å². The molecule has 5 nitrogen and oxygen atoms in total. The zero-order valence-electron chi connectivity index (χ0n) is 14.8. The number of H-pyrrole nitrogens is 1. The van der Waals surface area contributed by atoms with Crippen LogP contribution in [0.25, 0.3) is 10.9 Å². The van der Waals surface area contributed by atoms with Gasteiger partial charge in [-0.15, -0.1) is 0 Å². The third-order valence-electron chi connectivity index (χ3n) is 4.39. The molecule has 3 aromatic rings. The van der Waals surface area contributed by atoms with E-state index < -0.39 is 6.04 Å². The van der Waals surface area contributed by atoms with Crippen molar-refractivity contribution in [2.75, 3.05) is 6.54 Å². The Morgan fingerprint density at radius 2 is 1.77 bits per heavy atom. The van der Waals surface area contributed by atoms with Crippen LogP contribution >= 0.6 is 0 Å². The molecule has 2 aromatic carbocycles. The Labute approximate surface area is 152 Å². The number of para-hydroxylation sites is 1. The zero-order valence-corrected chi connectivity index (χ0v) is 14.8. The number of carbonyl (C=O) groups excluding carboxylic acids is 2. The molecule has 0 radical (unpaired) electrons. The number of aromatic nitrogens is 1. The van der Waals surface area contributed by atoms with E-state index in [2.05, 4.69) is 21.7 Å². The smallest absolute Gasteiger partial charge is 0.247 e. The van der Waals surface area contributed by atoms with Crippen molar-refractivity contribution in [2.24, 2.45) is 0 Å². The summed E-state index contributed by atoms with van der Waals surface area (Å²) in [5.74, 6) is -0.344. The van der Waals surface area contributed by atoms with Crippen LogP contribution in [-0.2, 0) is 16.0 Å². The fourth-order valence-corrected chi connectivity index (χ4v) is 2.97. The second-order valence-electron chi connectivity index (χ2n) is 6.17. The molecule has 0 aliphatic carbocycles. The molecule has 134 valence electrons. The lowest BCUT2D eigenvalue weighted by Gasteiger charge is -2.18. The minimum Gasteiger partial charge on any atom is -0.361 e. The van der Waals surface area contributed by atoms with Gasteiger partial charge in [0.2, 0.25) is 11.8 Å². The molecule has 26 heavy (non-hydrogen) atoms. The number of rotatable bonds is 7. The van der Waals surface area contributed by atoms with E-state index in [0.717, 1.165) is 23.1 Å². The van der Waals surface area contributed by atoms with E-state index in [-0.39, 0.29) is 11.8 Å². The van der Waals surface area contributed by atoms with Crippen LogP contribution < -0.4 is 10.6 Å². The second-order valence-corrected chi connectivity index (χ2v) is 6.17. The van der Waals surface area contributed by atoms with Crippen molar-refractivity contribution in [3.63, 3.8) is 0 Å². The fraction of sp³-hybridized carbons (Fsp3) is 0.238. The molecule has 1 atom stereocenters. The van der Waals surface area contributed by atoms with Crippen LogP contribution in [0.15, 0.2) is 60.8 Å². The number of hydrogen-bond donors (Lipinski definition) is 3. The van der Waals surface area contributed by atoms with Crippen LogP contribution in [0, 0.1) is 0 Å². The van der Waals surface area contributed by atoms with Crippen molar-refractivity contribution >= 4 is 22.7 Å². The fourth-order valence-electron chi connectivity index (χ4n) is 2.97. The van der Waals surface area contributed by atoms with Gasteiger partial charge < -0.3 is 15.6 Å². The van der Waals surface area contributed by atoms with Crippen molar-refractivity contribution in [3.8, 4) is 0 Å². The summed E-state index contributed by atoms with van der Waals surface area (Å²) in [7, 11) is 0. The zero-order chi connectivity index (χ0) is 18.4. The largest absolute Gasteiger partial charge is 0.361 e. The van der Waals surface area contributed by atoms with Gasteiger partial charge in [-0.2, -0.15) is 0 Å². The summed E-state index contributed by atoms with van der Waals surface area (Å²) in [6, 6.07) is 16.7. The number of fused-ring (bicyclic) bond motifs is 1. The van der Waals surface area contributed by atoms with E-state index >= 15 is 0 Å². The lowest BCUT2D eigenvalue weighted by molar-refractivity contribution is -0.129. The van der Waals surface area contributed by atoms with Crippen molar-refractivity contribution in [2.45, 2.75) is 25.8 Å². The maximum absolute atomic E-state index is 12.7. The molecule has 1 heterocycles. The first-order valence-corrected chi connectivity index (χ1v) is 8.86. The van der Waals surface area contributed by atoms with Gasteiger partial charge in [0.15, 0.2) is 0 Å². The third kappa shape index (κ3) is 4.11. The molecule has 2 amide bonds. The minimum absolute atomic E-state index is 0.148. The average molecular weight is 349 g/mol. The predicted molar refractivity (Wildman–Crippen MR) is 103 cm³/mol. The number of nitrogens with one attached hydrogen (secondary N) is 3. The second kappa shape index (κ2) is 8.34. The molecule has 1 aromatic heterocycles. The summed E-state index contributed by atoms with van der Waals surface area (Å²) in [5, 5.41) is 6.91. The number of carbonyl (C=O) groups is 2. The Kier molecular flexibility index (Phi) is 5.69. The van der Waals surface area contributed by atoms with Gasteiger partial charge in [-0.25, -0.2) is 0 Å². The van der Waals surface area contributed by atoms with Crippen LogP contribution in [0.2, 0.25) is 0 Å². The Hall–Kier alpha value is -3.08. The van der Waals surface area contributed by atoms with Crippen LogP contribution in [-0.4, -0.2) is 23.3 Å². The van der Waals surface area contributed by atoms with Crippen molar-refractivity contribution in [1.29, 1.82) is 0 Å². The normalized spacial score (nSPS) is 11.9. The Bertz CT molecular complexity index is 886. The van der Waals surface area contributed by atoms with E-state index in [1.165, 1.54) is 5.39 Å². The van der Waals surface area contributed by atoms with E-state index in [4.69, 9.17) is 0 Å². The van der Waals surface area contributed by atoms with Crippen LogP contribution in [0.5, 0.6) is 0 Å². The summed E-state index contributed by atoms with van der Waals surface area (Å²) in [6.07, 6.45) is 3.04. The SMILES string of the molecule is CCC(=O)N[C@@H](C(=O)NCCc1c[nH]c2ccccc12)c1ccccc1. The first-order chi connectivity index (χ1) is 12.7. The molecule has 0 saturated carbocycles. The molecule has 0 fully saturated rings. The highest BCUT2D eigenvalue weighted by Gasteiger charge is 2.21. The first kappa shape index (κ1) is 17.7. The van der Waals surface area contributed by atoms with Gasteiger partial charge >= 0.3 is 0 Å². The molecule has 3 rings (SSSR count). The highest BCUT2D eigenvalue weighted by atomic mass is 16.2. The summed E-state index contributed by atoms with van der Waals surface area (Å²) >= 11 is 0.